The predicted molar refractivity (Wildman–Crippen MR) is 128 cm³/mol. The monoisotopic (exact) mass is 478 g/mol. The number of carboxylic acid groups (broad SMARTS) is 1. The highest BCUT2D eigenvalue weighted by Crippen LogP contribution is 2.44. The molecule has 1 aliphatic heterocycles. The molecule has 3 aliphatic rings. The van der Waals surface area contributed by atoms with E-state index in [1.165, 1.54) is 22.3 Å². The van der Waals surface area contributed by atoms with Crippen LogP contribution in [0.1, 0.15) is 36.3 Å². The van der Waals surface area contributed by atoms with Crippen LogP contribution in [-0.2, 0) is 19.1 Å². The van der Waals surface area contributed by atoms with Crippen LogP contribution in [-0.4, -0.2) is 55.5 Å². The first-order valence-electron chi connectivity index (χ1n) is 12.2. The Morgan fingerprint density at radius 3 is 2.26 bits per heavy atom. The number of nitrogens with one attached hydrogen (secondary N) is 2. The molecule has 2 aromatic carbocycles. The number of hydrogen-bond acceptors (Lipinski definition) is 5. The topological polar surface area (TPSA) is 114 Å². The van der Waals surface area contributed by atoms with Gasteiger partial charge in [-0.05, 0) is 46.9 Å². The highest BCUT2D eigenvalue weighted by molar-refractivity contribution is 5.79. The van der Waals surface area contributed by atoms with Gasteiger partial charge in [-0.1, -0.05) is 48.5 Å². The molecule has 2 unspecified atom stereocenters. The zero-order valence-electron chi connectivity index (χ0n) is 19.4. The lowest BCUT2D eigenvalue weighted by Crippen LogP contribution is -2.44. The number of benzene rings is 2. The number of hydrogen-bond donors (Lipinski definition) is 3. The van der Waals surface area contributed by atoms with Gasteiger partial charge in [-0.15, -0.1) is 0 Å². The summed E-state index contributed by atoms with van der Waals surface area (Å²) in [6.07, 6.45) is 1.64. The second kappa shape index (κ2) is 10.1. The summed E-state index contributed by atoms with van der Waals surface area (Å²) in [5.41, 5.74) is 4.75. The van der Waals surface area contributed by atoms with Crippen LogP contribution in [0.5, 0.6) is 0 Å². The molecular formula is C27H30N2O6. The Morgan fingerprint density at radius 1 is 0.943 bits per heavy atom. The predicted octanol–water partition coefficient (Wildman–Crippen LogP) is 3.16. The lowest BCUT2D eigenvalue weighted by atomic mass is 9.73. The Balaban J connectivity index is 1.02. The van der Waals surface area contributed by atoms with E-state index in [0.29, 0.717) is 18.9 Å². The van der Waals surface area contributed by atoms with Crippen molar-refractivity contribution in [1.29, 1.82) is 0 Å². The lowest BCUT2D eigenvalue weighted by molar-refractivity contribution is -0.142. The first-order valence-corrected chi connectivity index (χ1v) is 12.2. The van der Waals surface area contributed by atoms with Crippen molar-refractivity contribution in [2.24, 2.45) is 17.8 Å². The molecule has 2 aliphatic carbocycles. The molecule has 2 amide bonds. The van der Waals surface area contributed by atoms with Crippen LogP contribution < -0.4 is 10.6 Å². The van der Waals surface area contributed by atoms with E-state index in [9.17, 15) is 19.5 Å². The van der Waals surface area contributed by atoms with Crippen molar-refractivity contribution in [1.82, 2.24) is 10.6 Å². The number of rotatable bonds is 8. The van der Waals surface area contributed by atoms with Gasteiger partial charge in [-0.3, -0.25) is 9.59 Å². The summed E-state index contributed by atoms with van der Waals surface area (Å²) in [4.78, 5) is 35.8. The SMILES string of the molecule is O=C(CC1CC(CNC(=O)OCC2c3ccccc3-c3ccccc32)C1)NC1COCC1C(=O)O. The van der Waals surface area contributed by atoms with E-state index in [4.69, 9.17) is 9.47 Å². The van der Waals surface area contributed by atoms with E-state index < -0.39 is 24.0 Å². The fourth-order valence-corrected chi connectivity index (χ4v) is 5.55. The van der Waals surface area contributed by atoms with Gasteiger partial charge in [0.25, 0.3) is 0 Å². The number of aliphatic carboxylic acids is 1. The Bertz CT molecular complexity index is 1070. The van der Waals surface area contributed by atoms with E-state index in [-0.39, 0.29) is 37.6 Å². The average molecular weight is 479 g/mol. The smallest absolute Gasteiger partial charge is 0.407 e. The van der Waals surface area contributed by atoms with Gasteiger partial charge in [0.2, 0.25) is 5.91 Å². The third-order valence-corrected chi connectivity index (χ3v) is 7.43. The number of carboxylic acids is 1. The van der Waals surface area contributed by atoms with E-state index >= 15 is 0 Å². The molecule has 0 aromatic heterocycles. The largest absolute Gasteiger partial charge is 0.481 e. The lowest BCUT2D eigenvalue weighted by Gasteiger charge is -2.35. The van der Waals surface area contributed by atoms with Crippen molar-refractivity contribution < 1.29 is 29.0 Å². The molecule has 2 atom stereocenters. The van der Waals surface area contributed by atoms with Gasteiger partial charge in [0, 0.05) is 18.9 Å². The molecule has 8 heteroatoms. The van der Waals surface area contributed by atoms with Gasteiger partial charge in [0.05, 0.1) is 19.3 Å². The van der Waals surface area contributed by atoms with Crippen molar-refractivity contribution in [3.63, 3.8) is 0 Å². The molecule has 0 radical (unpaired) electrons. The number of carbonyl (C=O) groups is 3. The van der Waals surface area contributed by atoms with Gasteiger partial charge in [0.15, 0.2) is 0 Å². The first kappa shape index (κ1) is 23.4. The number of fused-ring (bicyclic) bond motifs is 3. The molecule has 1 saturated heterocycles. The Kier molecular flexibility index (Phi) is 6.72. The minimum absolute atomic E-state index is 0.0331. The second-order valence-corrected chi connectivity index (χ2v) is 9.77. The normalized spacial score (nSPS) is 24.7. The molecule has 8 nitrogen and oxygen atoms in total. The summed E-state index contributed by atoms with van der Waals surface area (Å²) in [5, 5.41) is 14.8. The Labute approximate surface area is 204 Å². The quantitative estimate of drug-likeness (QED) is 0.537. The van der Waals surface area contributed by atoms with Gasteiger partial charge in [0.1, 0.15) is 12.5 Å². The highest BCUT2D eigenvalue weighted by Gasteiger charge is 2.37. The average Bonchev–Trinajstić information content (AvgIpc) is 3.41. The molecule has 2 fully saturated rings. The number of amides is 2. The number of alkyl carbamates (subject to hydrolysis) is 1. The maximum atomic E-state index is 12.3. The molecule has 184 valence electrons. The highest BCUT2D eigenvalue weighted by atomic mass is 16.5. The minimum atomic E-state index is -0.948. The van der Waals surface area contributed by atoms with E-state index in [2.05, 4.69) is 34.9 Å². The maximum Gasteiger partial charge on any atom is 0.407 e. The van der Waals surface area contributed by atoms with Crippen LogP contribution in [0.15, 0.2) is 48.5 Å². The van der Waals surface area contributed by atoms with Gasteiger partial charge < -0.3 is 25.2 Å². The van der Waals surface area contributed by atoms with E-state index in [0.717, 1.165) is 12.8 Å². The molecule has 1 heterocycles. The van der Waals surface area contributed by atoms with Crippen molar-refractivity contribution in [3.05, 3.63) is 59.7 Å². The summed E-state index contributed by atoms with van der Waals surface area (Å²) in [7, 11) is 0. The summed E-state index contributed by atoms with van der Waals surface area (Å²) < 4.78 is 10.8. The van der Waals surface area contributed by atoms with Crippen LogP contribution in [0.4, 0.5) is 4.79 Å². The Morgan fingerprint density at radius 2 is 1.60 bits per heavy atom. The second-order valence-electron chi connectivity index (χ2n) is 9.77. The summed E-state index contributed by atoms with van der Waals surface area (Å²) in [6, 6.07) is 16.0. The third kappa shape index (κ3) is 5.03. The van der Waals surface area contributed by atoms with Crippen LogP contribution >= 0.6 is 0 Å². The van der Waals surface area contributed by atoms with Crippen molar-refractivity contribution in [2.75, 3.05) is 26.4 Å². The number of carbonyl (C=O) groups excluding carboxylic acids is 2. The van der Waals surface area contributed by atoms with Gasteiger partial charge in [-0.25, -0.2) is 4.79 Å². The zero-order valence-corrected chi connectivity index (χ0v) is 19.4. The van der Waals surface area contributed by atoms with Crippen molar-refractivity contribution >= 4 is 18.0 Å². The van der Waals surface area contributed by atoms with E-state index in [1.54, 1.807) is 0 Å². The molecule has 2 aromatic rings. The standard InChI is InChI=1S/C27H30N2O6/c30-25(29-24-15-34-13-23(24)26(31)32)11-16-9-17(10-16)12-28-27(33)35-14-22-20-7-3-1-5-18(20)19-6-2-4-8-21(19)22/h1-8,16-17,22-24H,9-15H2,(H,28,33)(H,29,30)(H,31,32). The third-order valence-electron chi connectivity index (χ3n) is 7.43. The molecular weight excluding hydrogens is 448 g/mol. The Hall–Kier alpha value is -3.39. The molecule has 5 rings (SSSR count). The molecule has 3 N–H and O–H groups in total. The van der Waals surface area contributed by atoms with Crippen LogP contribution in [0.3, 0.4) is 0 Å². The summed E-state index contributed by atoms with van der Waals surface area (Å²) >= 11 is 0. The summed E-state index contributed by atoms with van der Waals surface area (Å²) in [5.74, 6) is -1.18. The van der Waals surface area contributed by atoms with Crippen LogP contribution in [0.25, 0.3) is 11.1 Å². The molecule has 35 heavy (non-hydrogen) atoms. The zero-order chi connectivity index (χ0) is 24.4. The van der Waals surface area contributed by atoms with E-state index in [1.807, 2.05) is 24.3 Å². The first-order chi connectivity index (χ1) is 17.0. The van der Waals surface area contributed by atoms with Crippen LogP contribution in [0, 0.1) is 17.8 Å². The fourth-order valence-electron chi connectivity index (χ4n) is 5.55. The van der Waals surface area contributed by atoms with Crippen molar-refractivity contribution in [2.45, 2.75) is 31.2 Å². The van der Waals surface area contributed by atoms with Crippen molar-refractivity contribution in [3.8, 4) is 11.1 Å². The summed E-state index contributed by atoms with van der Waals surface area (Å²) in [6.45, 7) is 1.18. The van der Waals surface area contributed by atoms with Crippen LogP contribution in [0.2, 0.25) is 0 Å². The molecule has 0 bridgehead atoms. The molecule has 0 spiro atoms. The fraction of sp³-hybridized carbons (Fsp3) is 0.444. The maximum absolute atomic E-state index is 12.3. The number of ether oxygens (including phenoxy) is 2. The molecule has 1 saturated carbocycles. The van der Waals surface area contributed by atoms with Gasteiger partial charge >= 0.3 is 12.1 Å². The van der Waals surface area contributed by atoms with Gasteiger partial charge in [-0.2, -0.15) is 0 Å². The minimum Gasteiger partial charge on any atom is -0.481 e.